The van der Waals surface area contributed by atoms with E-state index >= 15 is 0 Å². The van der Waals surface area contributed by atoms with Gasteiger partial charge in [-0.3, -0.25) is 4.79 Å². The van der Waals surface area contributed by atoms with Gasteiger partial charge in [-0.05, 0) is 51.5 Å². The predicted molar refractivity (Wildman–Crippen MR) is 73.1 cm³/mol. The minimum Gasteiger partial charge on any atom is -0.384 e. The molecule has 2 heterocycles. The molecule has 0 aliphatic carbocycles. The second-order valence-corrected chi connectivity index (χ2v) is 4.62. The molecule has 5 heteroatoms. The number of carbonyl (C=O) groups is 1. The molecule has 1 saturated heterocycles. The van der Waals surface area contributed by atoms with Gasteiger partial charge in [-0.2, -0.15) is 0 Å². The summed E-state index contributed by atoms with van der Waals surface area (Å²) < 4.78 is 0. The highest BCUT2D eigenvalue weighted by atomic mass is 16.1. The summed E-state index contributed by atoms with van der Waals surface area (Å²) in [4.78, 5) is 16.2. The van der Waals surface area contributed by atoms with Gasteiger partial charge in [0, 0.05) is 12.2 Å². The van der Waals surface area contributed by atoms with Gasteiger partial charge in [-0.25, -0.2) is 4.98 Å². The summed E-state index contributed by atoms with van der Waals surface area (Å²) in [6.45, 7) is 4.18. The lowest BCUT2D eigenvalue weighted by molar-refractivity contribution is -0.110. The Bertz CT molecular complexity index is 324. The summed E-state index contributed by atoms with van der Waals surface area (Å²) in [5, 5.41) is 2.80. The van der Waals surface area contributed by atoms with E-state index in [1.54, 1.807) is 12.3 Å². The molecule has 1 fully saturated rings. The first-order valence-corrected chi connectivity index (χ1v) is 6.18. The second kappa shape index (κ2) is 7.66. The van der Waals surface area contributed by atoms with Crippen LogP contribution in [-0.2, 0) is 4.79 Å². The van der Waals surface area contributed by atoms with E-state index in [9.17, 15) is 4.79 Å². The number of hydrogen-bond acceptors (Lipinski definition) is 4. The zero-order chi connectivity index (χ0) is 13.4. The molecule has 18 heavy (non-hydrogen) atoms. The Morgan fingerprint density at radius 2 is 2.11 bits per heavy atom. The lowest BCUT2D eigenvalue weighted by Gasteiger charge is -2.28. The largest absolute Gasteiger partial charge is 0.384 e. The first-order valence-electron chi connectivity index (χ1n) is 6.18. The van der Waals surface area contributed by atoms with E-state index < -0.39 is 0 Å². The van der Waals surface area contributed by atoms with Crippen molar-refractivity contribution in [1.29, 1.82) is 0 Å². The molecule has 0 aromatic carbocycles. The molecule has 0 bridgehead atoms. The van der Waals surface area contributed by atoms with Crippen molar-refractivity contribution in [2.45, 2.75) is 25.8 Å². The van der Waals surface area contributed by atoms with Crippen LogP contribution in [0.25, 0.3) is 0 Å². The van der Waals surface area contributed by atoms with Crippen molar-refractivity contribution >= 4 is 12.2 Å². The fourth-order valence-corrected chi connectivity index (χ4v) is 1.75. The molecular formula is C13H22N4O. The number of piperidine rings is 1. The third-order valence-electron chi connectivity index (χ3n) is 2.96. The van der Waals surface area contributed by atoms with Crippen LogP contribution in [0.15, 0.2) is 18.3 Å². The molecule has 0 atom stereocenters. The maximum absolute atomic E-state index is 10.0. The number of nitrogen functional groups attached to an aromatic ring is 1. The quantitative estimate of drug-likeness (QED) is 0.762. The topological polar surface area (TPSA) is 71.2 Å². The Morgan fingerprint density at radius 3 is 2.56 bits per heavy atom. The highest BCUT2D eigenvalue weighted by Gasteiger charge is 2.14. The normalized spacial score (nSPS) is 16.6. The monoisotopic (exact) mass is 250 g/mol. The Hall–Kier alpha value is -1.62. The number of rotatable bonds is 2. The van der Waals surface area contributed by atoms with E-state index in [4.69, 9.17) is 5.73 Å². The van der Waals surface area contributed by atoms with Crippen molar-refractivity contribution in [3.63, 3.8) is 0 Å². The van der Waals surface area contributed by atoms with Crippen LogP contribution in [0.5, 0.6) is 0 Å². The number of nitrogens with zero attached hydrogens (tertiary/aromatic N) is 2. The van der Waals surface area contributed by atoms with Crippen LogP contribution in [0.1, 0.15) is 18.4 Å². The summed E-state index contributed by atoms with van der Waals surface area (Å²) in [6.07, 6.45) is 4.73. The van der Waals surface area contributed by atoms with Crippen LogP contribution in [0.4, 0.5) is 5.82 Å². The minimum atomic E-state index is 0.425. The van der Waals surface area contributed by atoms with Crippen molar-refractivity contribution < 1.29 is 4.79 Å². The van der Waals surface area contributed by atoms with E-state index in [-0.39, 0.29) is 0 Å². The van der Waals surface area contributed by atoms with E-state index in [0.29, 0.717) is 11.9 Å². The standard InChI is InChI=1S/C7H14N2O.C6H8N2/c1-9-4-2-7(3-5-9)8-6-10;1-5-2-3-6(7)8-4-5/h6-7H,2-5H2,1H3,(H,8,10);2-4H,1H3,(H2,7,8). The Labute approximate surface area is 108 Å². The molecule has 5 nitrogen and oxygen atoms in total. The van der Waals surface area contributed by atoms with Crippen LogP contribution in [0.3, 0.4) is 0 Å². The van der Waals surface area contributed by atoms with Crippen LogP contribution in [0.2, 0.25) is 0 Å². The number of hydrogen-bond donors (Lipinski definition) is 2. The van der Waals surface area contributed by atoms with Gasteiger partial charge in [0.25, 0.3) is 0 Å². The van der Waals surface area contributed by atoms with Gasteiger partial charge in [0.2, 0.25) is 6.41 Å². The van der Waals surface area contributed by atoms with Gasteiger partial charge in [-0.15, -0.1) is 0 Å². The first kappa shape index (κ1) is 14.4. The van der Waals surface area contributed by atoms with Crippen molar-refractivity contribution in [3.05, 3.63) is 23.9 Å². The molecule has 1 aliphatic heterocycles. The van der Waals surface area contributed by atoms with E-state index in [1.807, 2.05) is 13.0 Å². The summed E-state index contributed by atoms with van der Waals surface area (Å²) in [7, 11) is 2.11. The number of carbonyl (C=O) groups excluding carboxylic acids is 1. The van der Waals surface area contributed by atoms with Crippen LogP contribution in [-0.4, -0.2) is 42.5 Å². The third kappa shape index (κ3) is 5.63. The van der Waals surface area contributed by atoms with Crippen LogP contribution < -0.4 is 11.1 Å². The second-order valence-electron chi connectivity index (χ2n) is 4.62. The summed E-state index contributed by atoms with van der Waals surface area (Å²) in [6, 6.07) is 4.14. The van der Waals surface area contributed by atoms with E-state index in [1.165, 1.54) is 0 Å². The molecule has 1 aromatic heterocycles. The SMILES string of the molecule is CN1CCC(NC=O)CC1.Cc1ccc(N)nc1. The van der Waals surface area contributed by atoms with Gasteiger partial charge in [-0.1, -0.05) is 6.07 Å². The summed E-state index contributed by atoms with van der Waals surface area (Å²) in [5.41, 5.74) is 6.45. The molecule has 0 radical (unpaired) electrons. The van der Waals surface area contributed by atoms with E-state index in [2.05, 4.69) is 22.2 Å². The lowest BCUT2D eigenvalue weighted by atomic mass is 10.1. The summed E-state index contributed by atoms with van der Waals surface area (Å²) in [5.74, 6) is 0.579. The molecule has 1 amide bonds. The van der Waals surface area contributed by atoms with Gasteiger partial charge < -0.3 is 16.0 Å². The number of amides is 1. The molecule has 1 aromatic rings. The molecule has 0 unspecified atom stereocenters. The van der Waals surface area contributed by atoms with Crippen LogP contribution >= 0.6 is 0 Å². The van der Waals surface area contributed by atoms with Crippen molar-refractivity contribution in [2.24, 2.45) is 0 Å². The molecule has 0 spiro atoms. The van der Waals surface area contributed by atoms with Gasteiger partial charge in [0.1, 0.15) is 5.82 Å². The first-order chi connectivity index (χ1) is 8.61. The smallest absolute Gasteiger partial charge is 0.207 e. The van der Waals surface area contributed by atoms with Gasteiger partial charge in [0.05, 0.1) is 0 Å². The number of nitrogens with one attached hydrogen (secondary N) is 1. The third-order valence-corrected chi connectivity index (χ3v) is 2.96. The lowest BCUT2D eigenvalue weighted by Crippen LogP contribution is -2.40. The highest BCUT2D eigenvalue weighted by Crippen LogP contribution is 2.06. The van der Waals surface area contributed by atoms with Gasteiger partial charge >= 0.3 is 0 Å². The number of aryl methyl sites for hydroxylation is 1. The average molecular weight is 250 g/mol. The summed E-state index contributed by atoms with van der Waals surface area (Å²) >= 11 is 0. The Kier molecular flexibility index (Phi) is 6.14. The Balaban J connectivity index is 0.000000184. The molecular weight excluding hydrogens is 228 g/mol. The predicted octanol–water partition coefficient (Wildman–Crippen LogP) is 0.799. The molecule has 3 N–H and O–H groups in total. The Morgan fingerprint density at radius 1 is 1.44 bits per heavy atom. The molecule has 0 saturated carbocycles. The van der Waals surface area contributed by atoms with Crippen molar-refractivity contribution in [1.82, 2.24) is 15.2 Å². The highest BCUT2D eigenvalue weighted by molar-refractivity contribution is 5.46. The number of likely N-dealkylation sites (tertiary alicyclic amines) is 1. The number of anilines is 1. The molecule has 2 rings (SSSR count). The maximum atomic E-state index is 10.0. The zero-order valence-corrected chi connectivity index (χ0v) is 11.1. The average Bonchev–Trinajstić information content (AvgIpc) is 2.37. The van der Waals surface area contributed by atoms with Gasteiger partial charge in [0.15, 0.2) is 0 Å². The number of nitrogens with two attached hydrogens (primary N) is 1. The maximum Gasteiger partial charge on any atom is 0.207 e. The fourth-order valence-electron chi connectivity index (χ4n) is 1.75. The fraction of sp³-hybridized carbons (Fsp3) is 0.538. The zero-order valence-electron chi connectivity index (χ0n) is 11.1. The van der Waals surface area contributed by atoms with E-state index in [0.717, 1.165) is 37.9 Å². The van der Waals surface area contributed by atoms with Crippen molar-refractivity contribution in [2.75, 3.05) is 25.9 Å². The van der Waals surface area contributed by atoms with Crippen molar-refractivity contribution in [3.8, 4) is 0 Å². The van der Waals surface area contributed by atoms with Crippen LogP contribution in [0, 0.1) is 6.92 Å². The minimum absolute atomic E-state index is 0.425. The number of aromatic nitrogens is 1. The number of pyridine rings is 1. The molecule has 100 valence electrons. The molecule has 1 aliphatic rings.